The molecule has 0 bridgehead atoms. The lowest BCUT2D eigenvalue weighted by molar-refractivity contribution is 0.590. The lowest BCUT2D eigenvalue weighted by Crippen LogP contribution is -2.61. The van der Waals surface area contributed by atoms with E-state index in [4.69, 9.17) is 13.3 Å². The second-order valence-electron chi connectivity index (χ2n) is 27.8. The zero-order valence-corrected chi connectivity index (χ0v) is 50.8. The van der Waals surface area contributed by atoms with E-state index in [-0.39, 0.29) is 21.7 Å². The van der Waals surface area contributed by atoms with Crippen LogP contribution >= 0.6 is 0 Å². The minimum Gasteiger partial charge on any atom is -0.466 e. The van der Waals surface area contributed by atoms with Gasteiger partial charge in [0.2, 0.25) is 0 Å². The van der Waals surface area contributed by atoms with Crippen molar-refractivity contribution in [1.82, 2.24) is 0 Å². The number of anilines is 8. The smallest absolute Gasteiger partial charge is 0.376 e. The van der Waals surface area contributed by atoms with Gasteiger partial charge in [-0.15, -0.1) is 0 Å². The fourth-order valence-electron chi connectivity index (χ4n) is 13.3. The Balaban J connectivity index is 1.01. The van der Waals surface area contributed by atoms with E-state index in [2.05, 4.69) is 304 Å². The molecule has 0 fully saturated rings. The maximum atomic E-state index is 7.60. The lowest BCUT2D eigenvalue weighted by atomic mass is 9.45. The van der Waals surface area contributed by atoms with Gasteiger partial charge in [0.1, 0.15) is 33.6 Å². The minimum atomic E-state index is -0.431. The molecule has 0 unspecified atom stereocenters. The first-order chi connectivity index (χ1) is 40.7. The van der Waals surface area contributed by atoms with Crippen molar-refractivity contribution in [3.63, 3.8) is 0 Å². The van der Waals surface area contributed by atoms with E-state index >= 15 is 0 Å². The summed E-state index contributed by atoms with van der Waals surface area (Å²) >= 11 is 0. The Morgan fingerprint density at radius 2 is 0.882 bits per heavy atom. The third-order valence-electron chi connectivity index (χ3n) is 18.1. The molecule has 13 aromatic rings. The third-order valence-corrected chi connectivity index (χ3v) is 18.1. The van der Waals surface area contributed by atoms with Crippen LogP contribution < -0.4 is 25.7 Å². The molecule has 418 valence electrons. The van der Waals surface area contributed by atoms with Gasteiger partial charge in [-0.25, -0.2) is 0 Å². The summed E-state index contributed by atoms with van der Waals surface area (Å²) in [6.07, 6.45) is 0. The van der Waals surface area contributed by atoms with Gasteiger partial charge in [0.05, 0.1) is 5.69 Å². The van der Waals surface area contributed by atoms with Crippen LogP contribution in [0.1, 0.15) is 105 Å². The SMILES string of the molecule is CC(C)(C)c1ccc(N2B3c4oc5cc(-c6ccccc6)ccc5c4N(c4ccc(C(C)(C)C)cc4)c4cc5c(oc6ccccc65)c(c43)-c3cc4c(cc32)oc2cc(N(c3ccc(C(C)(C)C)cc3)c3ccc(C(C)(C)C)cc3)ccc24)cc1. The second-order valence-corrected chi connectivity index (χ2v) is 27.8. The molecule has 5 heterocycles. The van der Waals surface area contributed by atoms with Crippen molar-refractivity contribution in [3.05, 3.63) is 229 Å². The molecule has 0 amide bonds. The average Bonchev–Trinajstić information content (AvgIpc) is 1.73. The van der Waals surface area contributed by atoms with E-state index in [1.165, 1.54) is 22.3 Å². The maximum absolute atomic E-state index is 7.60. The fraction of sp³-hybridized carbons (Fsp3) is 0.205. The number of benzene rings is 10. The molecule has 7 heteroatoms. The lowest BCUT2D eigenvalue weighted by Gasteiger charge is -2.43. The summed E-state index contributed by atoms with van der Waals surface area (Å²) in [7, 11) is 0. The molecular weight excluding hydrogens is 1040 g/mol. The first-order valence-electron chi connectivity index (χ1n) is 30.1. The molecule has 2 aliphatic rings. The van der Waals surface area contributed by atoms with Crippen molar-refractivity contribution in [1.29, 1.82) is 0 Å². The van der Waals surface area contributed by atoms with Gasteiger partial charge in [-0.1, -0.05) is 186 Å². The Bertz CT molecular complexity index is 4730. The molecule has 0 N–H and O–H groups in total. The van der Waals surface area contributed by atoms with Gasteiger partial charge in [-0.3, -0.25) is 0 Å². The van der Waals surface area contributed by atoms with Gasteiger partial charge in [0.25, 0.3) is 0 Å². The highest BCUT2D eigenvalue weighted by Crippen LogP contribution is 2.54. The van der Waals surface area contributed by atoms with E-state index in [0.717, 1.165) is 134 Å². The Morgan fingerprint density at radius 3 is 1.49 bits per heavy atom. The molecule has 0 saturated carbocycles. The Kier molecular flexibility index (Phi) is 11.5. The fourth-order valence-corrected chi connectivity index (χ4v) is 13.3. The van der Waals surface area contributed by atoms with Crippen LogP contribution in [-0.2, 0) is 21.7 Å². The monoisotopic (exact) mass is 1110 g/mol. The second kappa shape index (κ2) is 18.7. The summed E-state index contributed by atoms with van der Waals surface area (Å²) in [5.41, 5.74) is 23.9. The predicted octanol–water partition coefficient (Wildman–Crippen LogP) is 21.3. The van der Waals surface area contributed by atoms with Gasteiger partial charge in [0, 0.05) is 90.0 Å². The van der Waals surface area contributed by atoms with E-state index < -0.39 is 6.85 Å². The van der Waals surface area contributed by atoms with Gasteiger partial charge >= 0.3 is 6.85 Å². The Morgan fingerprint density at radius 1 is 0.365 bits per heavy atom. The van der Waals surface area contributed by atoms with Crippen LogP contribution in [0.5, 0.6) is 0 Å². The van der Waals surface area contributed by atoms with Crippen LogP contribution in [0.3, 0.4) is 0 Å². The molecule has 15 rings (SSSR count). The first-order valence-corrected chi connectivity index (χ1v) is 30.1. The third kappa shape index (κ3) is 8.51. The number of hydrogen-bond donors (Lipinski definition) is 0. The zero-order chi connectivity index (χ0) is 58.6. The first kappa shape index (κ1) is 52.6. The topological polar surface area (TPSA) is 49.1 Å². The van der Waals surface area contributed by atoms with Crippen LogP contribution in [0.15, 0.2) is 220 Å². The van der Waals surface area contributed by atoms with E-state index in [1.54, 1.807) is 0 Å². The number of nitrogens with zero attached hydrogens (tertiary/aromatic N) is 3. The highest BCUT2D eigenvalue weighted by atomic mass is 16.3. The van der Waals surface area contributed by atoms with Crippen molar-refractivity contribution in [2.75, 3.05) is 14.6 Å². The molecule has 0 aliphatic carbocycles. The Labute approximate surface area is 499 Å². The van der Waals surface area contributed by atoms with Gasteiger partial charge in [-0.2, -0.15) is 0 Å². The van der Waals surface area contributed by atoms with Gasteiger partial charge in [0.15, 0.2) is 0 Å². The highest BCUT2D eigenvalue weighted by Gasteiger charge is 2.50. The van der Waals surface area contributed by atoms with Crippen LogP contribution in [-0.4, -0.2) is 6.85 Å². The molecular formula is C78H70BN3O3. The van der Waals surface area contributed by atoms with E-state index in [1.807, 2.05) is 0 Å². The molecule has 0 spiro atoms. The minimum absolute atomic E-state index is 0.0181. The van der Waals surface area contributed by atoms with Crippen LogP contribution in [0.4, 0.5) is 45.5 Å². The van der Waals surface area contributed by atoms with Crippen LogP contribution in [0.2, 0.25) is 0 Å². The van der Waals surface area contributed by atoms with Crippen molar-refractivity contribution in [2.45, 2.75) is 105 Å². The van der Waals surface area contributed by atoms with E-state index in [9.17, 15) is 0 Å². The van der Waals surface area contributed by atoms with E-state index in [0.29, 0.717) is 0 Å². The summed E-state index contributed by atoms with van der Waals surface area (Å²) in [6.45, 7) is 26.9. The number of hydrogen-bond acceptors (Lipinski definition) is 6. The van der Waals surface area contributed by atoms with Crippen molar-refractivity contribution in [2.24, 2.45) is 0 Å². The zero-order valence-electron chi connectivity index (χ0n) is 50.8. The summed E-state index contributed by atoms with van der Waals surface area (Å²) in [5.74, 6) is 0. The molecule has 0 radical (unpaired) electrons. The highest BCUT2D eigenvalue weighted by molar-refractivity contribution is 6.93. The summed E-state index contributed by atoms with van der Waals surface area (Å²) in [4.78, 5) is 7.35. The standard InChI is InChI=1S/C78H70BN3O3/c1-75(2,3)49-23-31-53(32-24-49)80(54-33-25-50(26-34-54)76(4,5)6)57-39-41-59-61-44-63-64(46-69(61)83-68(59)43-57)82(56-37-29-52(30-38-56)78(10,11)12)79-71-65(45-62-58-20-16-17-21-66(58)84-73(62)70(63)71)81(55-35-27-51(28-36-55)77(7,8)9)72-60-40-22-48(42-67(60)85-74(72)79)47-18-14-13-15-19-47/h13-46H,1-12H3. The van der Waals surface area contributed by atoms with Crippen LogP contribution in [0.25, 0.3) is 77.1 Å². The largest absolute Gasteiger partial charge is 0.466 e. The van der Waals surface area contributed by atoms with Crippen molar-refractivity contribution >= 4 is 118 Å². The van der Waals surface area contributed by atoms with Crippen molar-refractivity contribution in [3.8, 4) is 22.3 Å². The number of fused-ring (bicyclic) bond motifs is 13. The molecule has 0 atom stereocenters. The maximum Gasteiger partial charge on any atom is 0.376 e. The normalized spacial score (nSPS) is 13.6. The molecule has 3 aromatic heterocycles. The van der Waals surface area contributed by atoms with Crippen molar-refractivity contribution < 1.29 is 13.3 Å². The Hall–Kier alpha value is -9.20. The van der Waals surface area contributed by atoms with Gasteiger partial charge < -0.3 is 27.9 Å². The quantitative estimate of drug-likeness (QED) is 0.155. The molecule has 0 saturated heterocycles. The van der Waals surface area contributed by atoms with Crippen LogP contribution in [0, 0.1) is 0 Å². The molecule has 10 aromatic carbocycles. The summed E-state index contributed by atoms with van der Waals surface area (Å²) in [6, 6.07) is 76.1. The average molecular weight is 1110 g/mol. The summed E-state index contributed by atoms with van der Waals surface area (Å²) in [5, 5.41) is 5.24. The summed E-state index contributed by atoms with van der Waals surface area (Å²) < 4.78 is 22.1. The number of rotatable bonds is 6. The molecule has 85 heavy (non-hydrogen) atoms. The number of furan rings is 3. The molecule has 6 nitrogen and oxygen atoms in total. The molecule has 2 aliphatic heterocycles. The number of para-hydroxylation sites is 1. The predicted molar refractivity (Wildman–Crippen MR) is 359 cm³/mol. The van der Waals surface area contributed by atoms with Gasteiger partial charge in [-0.05, 0) is 151 Å².